The molecular weight excluding hydrogens is 250 g/mol. The number of likely N-dealkylation sites (tertiary alicyclic amines) is 1. The van der Waals surface area contributed by atoms with Gasteiger partial charge in [0, 0.05) is 17.2 Å². The SMILES string of the molecule is C1=C(CCN2CCCCC2)CCSc2ccccc21. The standard InChI is InChI=1S/C17H23NS/c1-4-10-18(11-5-1)12-8-15-9-13-19-17-7-3-2-6-16(17)14-15/h2-3,6-7,14H,1,4-5,8-13H2. The molecule has 0 aliphatic carbocycles. The molecule has 2 heterocycles. The Labute approximate surface area is 121 Å². The van der Waals surface area contributed by atoms with Crippen LogP contribution in [0.1, 0.15) is 37.7 Å². The van der Waals surface area contributed by atoms with Crippen molar-refractivity contribution in [2.45, 2.75) is 37.0 Å². The van der Waals surface area contributed by atoms with Crippen molar-refractivity contribution >= 4 is 17.8 Å². The summed E-state index contributed by atoms with van der Waals surface area (Å²) >= 11 is 2.01. The summed E-state index contributed by atoms with van der Waals surface area (Å²) in [6, 6.07) is 8.82. The zero-order valence-corrected chi connectivity index (χ0v) is 12.4. The van der Waals surface area contributed by atoms with E-state index >= 15 is 0 Å². The fourth-order valence-electron chi connectivity index (χ4n) is 3.00. The van der Waals surface area contributed by atoms with Crippen LogP contribution in [0.4, 0.5) is 0 Å². The third kappa shape index (κ3) is 3.64. The van der Waals surface area contributed by atoms with E-state index in [0.717, 1.165) is 0 Å². The minimum atomic E-state index is 1.24. The monoisotopic (exact) mass is 273 g/mol. The predicted molar refractivity (Wildman–Crippen MR) is 84.7 cm³/mol. The zero-order chi connectivity index (χ0) is 12.9. The molecule has 0 spiro atoms. The molecule has 0 radical (unpaired) electrons. The highest BCUT2D eigenvalue weighted by Crippen LogP contribution is 2.31. The number of thioether (sulfide) groups is 1. The first-order valence-corrected chi connectivity index (χ1v) is 8.54. The number of hydrogen-bond acceptors (Lipinski definition) is 2. The van der Waals surface area contributed by atoms with E-state index in [1.165, 1.54) is 68.0 Å². The second kappa shape index (κ2) is 6.62. The Morgan fingerprint density at radius 2 is 1.89 bits per heavy atom. The third-order valence-corrected chi connectivity index (χ3v) is 5.25. The second-order valence-electron chi connectivity index (χ2n) is 5.59. The zero-order valence-electron chi connectivity index (χ0n) is 11.6. The highest BCUT2D eigenvalue weighted by molar-refractivity contribution is 7.99. The summed E-state index contributed by atoms with van der Waals surface area (Å²) in [5, 5.41) is 0. The topological polar surface area (TPSA) is 3.24 Å². The molecular formula is C17H23NS. The van der Waals surface area contributed by atoms with Gasteiger partial charge < -0.3 is 4.90 Å². The Hall–Kier alpha value is -0.730. The van der Waals surface area contributed by atoms with Crippen molar-refractivity contribution in [3.8, 4) is 0 Å². The van der Waals surface area contributed by atoms with Crippen molar-refractivity contribution in [1.29, 1.82) is 0 Å². The fraction of sp³-hybridized carbons (Fsp3) is 0.529. The van der Waals surface area contributed by atoms with E-state index in [9.17, 15) is 0 Å². The molecule has 2 aliphatic heterocycles. The molecule has 1 saturated heterocycles. The largest absolute Gasteiger partial charge is 0.303 e. The Kier molecular flexibility index (Phi) is 4.62. The molecule has 102 valence electrons. The van der Waals surface area contributed by atoms with Crippen LogP contribution in [0.5, 0.6) is 0 Å². The molecule has 2 aliphatic rings. The van der Waals surface area contributed by atoms with Gasteiger partial charge in [0.1, 0.15) is 0 Å². The van der Waals surface area contributed by atoms with Gasteiger partial charge in [0.15, 0.2) is 0 Å². The quantitative estimate of drug-likeness (QED) is 0.801. The van der Waals surface area contributed by atoms with Crippen molar-refractivity contribution in [3.05, 3.63) is 35.4 Å². The number of benzene rings is 1. The smallest absolute Gasteiger partial charge is 0.0144 e. The molecule has 19 heavy (non-hydrogen) atoms. The van der Waals surface area contributed by atoms with Crippen LogP contribution in [0.25, 0.3) is 6.08 Å². The van der Waals surface area contributed by atoms with E-state index in [1.54, 1.807) is 5.57 Å². The van der Waals surface area contributed by atoms with Gasteiger partial charge in [-0.15, -0.1) is 11.8 Å². The van der Waals surface area contributed by atoms with Gasteiger partial charge in [-0.25, -0.2) is 0 Å². The Balaban J connectivity index is 1.62. The first-order valence-electron chi connectivity index (χ1n) is 7.55. The molecule has 1 aromatic carbocycles. The number of piperidine rings is 1. The fourth-order valence-corrected chi connectivity index (χ4v) is 4.05. The maximum Gasteiger partial charge on any atom is 0.0144 e. The lowest BCUT2D eigenvalue weighted by Crippen LogP contribution is -2.30. The van der Waals surface area contributed by atoms with Crippen molar-refractivity contribution in [2.75, 3.05) is 25.4 Å². The van der Waals surface area contributed by atoms with E-state index in [4.69, 9.17) is 0 Å². The number of hydrogen-bond donors (Lipinski definition) is 0. The van der Waals surface area contributed by atoms with E-state index in [0.29, 0.717) is 0 Å². The maximum atomic E-state index is 2.65. The number of rotatable bonds is 3. The van der Waals surface area contributed by atoms with Crippen LogP contribution in [0.2, 0.25) is 0 Å². The molecule has 0 N–H and O–H groups in total. The second-order valence-corrected chi connectivity index (χ2v) is 6.73. The average Bonchev–Trinajstić information content (AvgIpc) is 2.68. The predicted octanol–water partition coefficient (Wildman–Crippen LogP) is 4.44. The molecule has 0 aromatic heterocycles. The van der Waals surface area contributed by atoms with E-state index in [1.807, 2.05) is 11.8 Å². The minimum absolute atomic E-state index is 1.24. The summed E-state index contributed by atoms with van der Waals surface area (Å²) in [5.74, 6) is 1.24. The van der Waals surface area contributed by atoms with E-state index < -0.39 is 0 Å². The summed E-state index contributed by atoms with van der Waals surface area (Å²) in [5.41, 5.74) is 3.07. The Bertz CT molecular complexity index is 446. The molecule has 0 saturated carbocycles. The summed E-state index contributed by atoms with van der Waals surface area (Å²) in [4.78, 5) is 4.10. The minimum Gasteiger partial charge on any atom is -0.303 e. The lowest BCUT2D eigenvalue weighted by atomic mass is 10.0. The normalized spacial score (nSPS) is 20.5. The van der Waals surface area contributed by atoms with E-state index in [2.05, 4.69) is 35.2 Å². The highest BCUT2D eigenvalue weighted by Gasteiger charge is 2.12. The molecule has 0 bridgehead atoms. The van der Waals surface area contributed by atoms with Gasteiger partial charge in [-0.2, -0.15) is 0 Å². The molecule has 0 atom stereocenters. The number of nitrogens with zero attached hydrogens (tertiary/aromatic N) is 1. The molecule has 2 heteroatoms. The van der Waals surface area contributed by atoms with Crippen LogP contribution < -0.4 is 0 Å². The molecule has 1 aromatic rings. The maximum absolute atomic E-state index is 2.65. The first kappa shape index (κ1) is 13.3. The van der Waals surface area contributed by atoms with Gasteiger partial charge in [-0.3, -0.25) is 0 Å². The van der Waals surface area contributed by atoms with Gasteiger partial charge in [0.2, 0.25) is 0 Å². The lowest BCUT2D eigenvalue weighted by Gasteiger charge is -2.26. The van der Waals surface area contributed by atoms with Gasteiger partial charge in [0.25, 0.3) is 0 Å². The van der Waals surface area contributed by atoms with Crippen LogP contribution in [0.15, 0.2) is 34.7 Å². The van der Waals surface area contributed by atoms with Crippen LogP contribution >= 0.6 is 11.8 Å². The average molecular weight is 273 g/mol. The summed E-state index contributed by atoms with van der Waals surface area (Å²) in [7, 11) is 0. The van der Waals surface area contributed by atoms with E-state index in [-0.39, 0.29) is 0 Å². The third-order valence-electron chi connectivity index (χ3n) is 4.16. The summed E-state index contributed by atoms with van der Waals surface area (Å²) in [6.45, 7) is 3.90. The molecule has 3 rings (SSSR count). The van der Waals surface area contributed by atoms with Gasteiger partial charge >= 0.3 is 0 Å². The molecule has 0 unspecified atom stereocenters. The summed E-state index contributed by atoms with van der Waals surface area (Å²) in [6.07, 6.45) is 9.19. The van der Waals surface area contributed by atoms with Gasteiger partial charge in [-0.05, 0) is 50.4 Å². The van der Waals surface area contributed by atoms with Crippen LogP contribution in [0, 0.1) is 0 Å². The van der Waals surface area contributed by atoms with Crippen molar-refractivity contribution in [3.63, 3.8) is 0 Å². The van der Waals surface area contributed by atoms with Gasteiger partial charge in [-0.1, -0.05) is 36.3 Å². The van der Waals surface area contributed by atoms with Crippen LogP contribution in [-0.4, -0.2) is 30.3 Å². The summed E-state index contributed by atoms with van der Waals surface area (Å²) < 4.78 is 0. The lowest BCUT2D eigenvalue weighted by molar-refractivity contribution is 0.231. The van der Waals surface area contributed by atoms with Crippen molar-refractivity contribution in [1.82, 2.24) is 4.90 Å². The van der Waals surface area contributed by atoms with Gasteiger partial charge in [0.05, 0.1) is 0 Å². The van der Waals surface area contributed by atoms with Crippen LogP contribution in [-0.2, 0) is 0 Å². The molecule has 1 nitrogen and oxygen atoms in total. The Morgan fingerprint density at radius 3 is 2.79 bits per heavy atom. The Morgan fingerprint density at radius 1 is 1.05 bits per heavy atom. The first-order chi connectivity index (χ1) is 9.42. The van der Waals surface area contributed by atoms with Crippen molar-refractivity contribution < 1.29 is 0 Å². The van der Waals surface area contributed by atoms with Crippen molar-refractivity contribution in [2.24, 2.45) is 0 Å². The number of fused-ring (bicyclic) bond motifs is 1. The van der Waals surface area contributed by atoms with Crippen LogP contribution in [0.3, 0.4) is 0 Å². The molecule has 0 amide bonds. The molecule has 1 fully saturated rings. The highest BCUT2D eigenvalue weighted by atomic mass is 32.2.